The highest BCUT2D eigenvalue weighted by Gasteiger charge is 2.10. The summed E-state index contributed by atoms with van der Waals surface area (Å²) >= 11 is 2.56. The first-order valence-electron chi connectivity index (χ1n) is 12.0. The number of nitrogens with two attached hydrogens (primary N) is 1. The predicted octanol–water partition coefficient (Wildman–Crippen LogP) is 2.53. The Bertz CT molecular complexity index is 1370. The van der Waals surface area contributed by atoms with Gasteiger partial charge in [-0.3, -0.25) is 9.59 Å². The molecule has 0 aromatic carbocycles. The third-order valence-corrected chi connectivity index (χ3v) is 6.85. The van der Waals surface area contributed by atoms with Gasteiger partial charge in [0.05, 0.1) is 0 Å². The monoisotopic (exact) mass is 602 g/mol. The van der Waals surface area contributed by atoms with Gasteiger partial charge < -0.3 is 20.1 Å². The van der Waals surface area contributed by atoms with Crippen LogP contribution in [0.4, 0.5) is 0 Å². The highest BCUT2D eigenvalue weighted by Crippen LogP contribution is 2.22. The molecule has 0 spiro atoms. The van der Waals surface area contributed by atoms with E-state index in [1.807, 2.05) is 12.1 Å². The van der Waals surface area contributed by atoms with Crippen LogP contribution < -0.4 is 17.0 Å². The van der Waals surface area contributed by atoms with Gasteiger partial charge in [0.25, 0.3) is 0 Å². The van der Waals surface area contributed by atoms with Gasteiger partial charge in [-0.15, -0.1) is 0 Å². The van der Waals surface area contributed by atoms with E-state index >= 15 is 0 Å². The van der Waals surface area contributed by atoms with Crippen molar-refractivity contribution in [3.05, 3.63) is 79.9 Å². The molecular formula is C24H30N10O5S2. The van der Waals surface area contributed by atoms with Crippen LogP contribution in [-0.4, -0.2) is 60.3 Å². The van der Waals surface area contributed by atoms with Crippen molar-refractivity contribution in [3.8, 4) is 12.1 Å². The Balaban J connectivity index is 0.000000320. The summed E-state index contributed by atoms with van der Waals surface area (Å²) in [6.45, 7) is 10.1. The average molecular weight is 603 g/mol. The fourth-order valence-corrected chi connectivity index (χ4v) is 4.34. The van der Waals surface area contributed by atoms with Gasteiger partial charge in [-0.1, -0.05) is 56.4 Å². The second-order valence-electron chi connectivity index (χ2n) is 7.34. The fourth-order valence-electron chi connectivity index (χ4n) is 2.81. The highest BCUT2D eigenvalue weighted by atomic mass is 32.2. The molecular weight excluding hydrogens is 572 g/mol. The number of H-pyrrole nitrogens is 2. The van der Waals surface area contributed by atoms with E-state index in [0.29, 0.717) is 21.6 Å². The molecule has 0 unspecified atom stereocenters. The number of thioether (sulfide) groups is 2. The number of rotatable bonds is 9. The van der Waals surface area contributed by atoms with Crippen LogP contribution in [0, 0.1) is 22.7 Å². The maximum Gasteiger partial charge on any atom is 0.248 e. The summed E-state index contributed by atoms with van der Waals surface area (Å²) in [7, 11) is 0. The number of pyridine rings is 2. The predicted molar refractivity (Wildman–Crippen MR) is 151 cm³/mol. The third-order valence-electron chi connectivity index (χ3n) is 4.86. The molecule has 15 nitrogen and oxygen atoms in total. The van der Waals surface area contributed by atoms with Crippen molar-refractivity contribution in [1.82, 2.24) is 35.5 Å². The quantitative estimate of drug-likeness (QED) is 0.159. The van der Waals surface area contributed by atoms with Gasteiger partial charge in [0.15, 0.2) is 10.1 Å². The molecule has 0 saturated carbocycles. The Morgan fingerprint density at radius 3 is 1.46 bits per heavy atom. The van der Waals surface area contributed by atoms with E-state index in [0.717, 1.165) is 11.4 Å². The summed E-state index contributed by atoms with van der Waals surface area (Å²) in [4.78, 5) is 29.7. The molecule has 0 fully saturated rings. The number of nitriles is 2. The SMILES string of the molecule is CCN(CC)CC.N#Cc1nonc1SCc1cccc(=O)[nH]1.N#Cc1nonc1SCc1cccc(=O)[nH]1.NO. The standard InChI is InChI=1S/2C9H6N4O2S.C6H15N.H3NO/c2*10-4-7-9(13-15-12-7)16-5-6-2-1-3-8(14)11-6;1-4-7(5-2)6-3;1-2/h2*1-3H,5H2,(H,11,14);4-6H2,1-3H3;2H,1H2. The van der Waals surface area contributed by atoms with Crippen LogP contribution in [0.15, 0.2) is 65.3 Å². The lowest BCUT2D eigenvalue weighted by Crippen LogP contribution is -2.21. The zero-order chi connectivity index (χ0) is 30.5. The smallest absolute Gasteiger partial charge is 0.248 e. The van der Waals surface area contributed by atoms with Gasteiger partial charge in [0, 0.05) is 35.0 Å². The molecule has 0 atom stereocenters. The molecule has 4 rings (SSSR count). The lowest BCUT2D eigenvalue weighted by atomic mass is 10.4. The number of aromatic amines is 2. The van der Waals surface area contributed by atoms with Crippen LogP contribution in [0.3, 0.4) is 0 Å². The topological polar surface area (TPSA) is 241 Å². The molecule has 4 aromatic rings. The fraction of sp³-hybridized carbons (Fsp3) is 0.333. The minimum absolute atomic E-state index is 0.156. The molecule has 0 aliphatic heterocycles. The molecule has 0 aliphatic carbocycles. The largest absolute Gasteiger partial charge is 0.325 e. The summed E-state index contributed by atoms with van der Waals surface area (Å²) in [5.74, 6) is 4.50. The molecule has 0 radical (unpaired) electrons. The zero-order valence-corrected chi connectivity index (χ0v) is 24.2. The van der Waals surface area contributed by atoms with Crippen LogP contribution in [0.5, 0.6) is 0 Å². The van der Waals surface area contributed by atoms with Gasteiger partial charge in [-0.25, -0.2) is 15.2 Å². The number of aromatic nitrogens is 6. The highest BCUT2D eigenvalue weighted by molar-refractivity contribution is 7.98. The zero-order valence-electron chi connectivity index (χ0n) is 22.6. The molecule has 41 heavy (non-hydrogen) atoms. The number of nitrogens with zero attached hydrogens (tertiary/aromatic N) is 7. The molecule has 5 N–H and O–H groups in total. The van der Waals surface area contributed by atoms with Crippen LogP contribution in [0.2, 0.25) is 0 Å². The first-order valence-corrected chi connectivity index (χ1v) is 14.0. The molecule has 0 amide bonds. The molecule has 17 heteroatoms. The minimum Gasteiger partial charge on any atom is -0.325 e. The minimum atomic E-state index is -0.156. The van der Waals surface area contributed by atoms with Gasteiger partial charge in [0.1, 0.15) is 12.1 Å². The lowest BCUT2D eigenvalue weighted by Gasteiger charge is -2.13. The van der Waals surface area contributed by atoms with Gasteiger partial charge in [0.2, 0.25) is 22.5 Å². The lowest BCUT2D eigenvalue weighted by molar-refractivity contribution is 0.298. The van der Waals surface area contributed by atoms with Crippen molar-refractivity contribution >= 4 is 23.5 Å². The van der Waals surface area contributed by atoms with Gasteiger partial charge in [-0.05, 0) is 52.4 Å². The third kappa shape index (κ3) is 13.1. The molecule has 4 aromatic heterocycles. The van der Waals surface area contributed by atoms with Crippen LogP contribution in [0.1, 0.15) is 43.5 Å². The van der Waals surface area contributed by atoms with Crippen molar-refractivity contribution in [3.63, 3.8) is 0 Å². The number of hydrogen-bond acceptors (Lipinski definition) is 15. The van der Waals surface area contributed by atoms with Crippen molar-refractivity contribution in [2.75, 3.05) is 19.6 Å². The van der Waals surface area contributed by atoms with Gasteiger partial charge in [-0.2, -0.15) is 10.5 Å². The molecule has 218 valence electrons. The van der Waals surface area contributed by atoms with Crippen molar-refractivity contribution in [2.45, 2.75) is 42.3 Å². The van der Waals surface area contributed by atoms with E-state index in [1.165, 1.54) is 55.3 Å². The van der Waals surface area contributed by atoms with Crippen LogP contribution >= 0.6 is 23.5 Å². The summed E-state index contributed by atoms with van der Waals surface area (Å²) in [6, 6.07) is 13.5. The Labute approximate surface area is 243 Å². The summed E-state index contributed by atoms with van der Waals surface area (Å²) < 4.78 is 8.87. The summed E-state index contributed by atoms with van der Waals surface area (Å²) in [6.07, 6.45) is 0. The second kappa shape index (κ2) is 20.6. The number of hydrogen-bond donors (Lipinski definition) is 4. The maximum absolute atomic E-state index is 11.0. The first-order chi connectivity index (χ1) is 19.9. The normalized spacial score (nSPS) is 9.66. The average Bonchev–Trinajstić information content (AvgIpc) is 3.67. The van der Waals surface area contributed by atoms with Gasteiger partial charge >= 0.3 is 0 Å². The Morgan fingerprint density at radius 1 is 0.780 bits per heavy atom. The summed E-state index contributed by atoms with van der Waals surface area (Å²) in [5.41, 5.74) is 1.51. The maximum atomic E-state index is 11.0. The summed E-state index contributed by atoms with van der Waals surface area (Å²) in [5, 5.41) is 38.7. The molecule has 0 aliphatic rings. The Kier molecular flexibility index (Phi) is 17.5. The Morgan fingerprint density at radius 2 is 1.17 bits per heavy atom. The Hall–Kier alpha value is -4.26. The molecule has 0 bridgehead atoms. The van der Waals surface area contributed by atoms with Crippen molar-refractivity contribution in [1.29, 1.82) is 10.5 Å². The van der Waals surface area contributed by atoms with E-state index in [9.17, 15) is 9.59 Å². The molecule has 4 heterocycles. The van der Waals surface area contributed by atoms with Crippen molar-refractivity contribution < 1.29 is 14.5 Å². The number of nitrogens with one attached hydrogen (secondary N) is 2. The van der Waals surface area contributed by atoms with Crippen LogP contribution in [0.25, 0.3) is 0 Å². The van der Waals surface area contributed by atoms with E-state index < -0.39 is 0 Å². The van der Waals surface area contributed by atoms with E-state index in [2.05, 4.69) is 71.4 Å². The van der Waals surface area contributed by atoms with Crippen LogP contribution in [-0.2, 0) is 11.5 Å². The van der Waals surface area contributed by atoms with E-state index in [4.69, 9.17) is 15.7 Å². The van der Waals surface area contributed by atoms with E-state index in [-0.39, 0.29) is 22.5 Å². The molecule has 0 saturated heterocycles. The van der Waals surface area contributed by atoms with E-state index in [1.54, 1.807) is 24.3 Å². The first kappa shape index (κ1) is 34.8. The van der Waals surface area contributed by atoms with Crippen molar-refractivity contribution in [2.24, 2.45) is 5.90 Å². The second-order valence-corrected chi connectivity index (χ2v) is 9.27.